The number of nitrogens with zero attached hydrogens (tertiary/aromatic N) is 1. The summed E-state index contributed by atoms with van der Waals surface area (Å²) in [4.78, 5) is 23.8. The highest BCUT2D eigenvalue weighted by Gasteiger charge is 2.20. The van der Waals surface area contributed by atoms with Crippen LogP contribution in [0, 0.1) is 5.82 Å². The maximum Gasteiger partial charge on any atom is 0.340 e. The molecule has 0 heterocycles. The third-order valence-electron chi connectivity index (χ3n) is 2.75. The molecule has 1 aromatic carbocycles. The van der Waals surface area contributed by atoms with Crippen LogP contribution in [0.2, 0.25) is 0 Å². The summed E-state index contributed by atoms with van der Waals surface area (Å²) in [7, 11) is 3.13. The Balaban J connectivity index is 3.03. The van der Waals surface area contributed by atoms with E-state index in [1.54, 1.807) is 11.9 Å². The Hall–Kier alpha value is -2.31. The first kappa shape index (κ1) is 14.7. The van der Waals surface area contributed by atoms with Gasteiger partial charge in [-0.15, -0.1) is 0 Å². The highest BCUT2D eigenvalue weighted by molar-refractivity contribution is 6.00. The van der Waals surface area contributed by atoms with Gasteiger partial charge in [-0.25, -0.2) is 9.18 Å². The molecule has 4 N–H and O–H groups in total. The second-order valence-corrected chi connectivity index (χ2v) is 4.01. The summed E-state index contributed by atoms with van der Waals surface area (Å²) < 4.78 is 13.3. The summed E-state index contributed by atoms with van der Waals surface area (Å²) in [6, 6.07) is 2.44. The zero-order valence-electron chi connectivity index (χ0n) is 10.7. The van der Waals surface area contributed by atoms with Crippen molar-refractivity contribution in [2.45, 2.75) is 6.42 Å². The van der Waals surface area contributed by atoms with Gasteiger partial charge >= 0.3 is 5.97 Å². The Kier molecular flexibility index (Phi) is 4.68. The van der Waals surface area contributed by atoms with Crippen LogP contribution in [0.4, 0.5) is 15.8 Å². The third kappa shape index (κ3) is 3.34. The number of rotatable bonds is 5. The minimum absolute atomic E-state index is 0.168. The minimum atomic E-state index is -1.31. The molecular formula is C12H16FN3O3. The van der Waals surface area contributed by atoms with Gasteiger partial charge in [-0.2, -0.15) is 0 Å². The molecule has 0 fully saturated rings. The van der Waals surface area contributed by atoms with Gasteiger partial charge in [-0.1, -0.05) is 0 Å². The SMILES string of the molecule is CNC(=O)CCN(C)c1ccc(F)c(N)c1C(=O)O. The van der Waals surface area contributed by atoms with Gasteiger partial charge in [0, 0.05) is 27.1 Å². The topological polar surface area (TPSA) is 95.7 Å². The first-order valence-electron chi connectivity index (χ1n) is 5.61. The number of carbonyl (C=O) groups is 2. The van der Waals surface area contributed by atoms with E-state index in [0.717, 1.165) is 6.07 Å². The Morgan fingerprint density at radius 3 is 2.63 bits per heavy atom. The van der Waals surface area contributed by atoms with Crippen LogP contribution in [0.25, 0.3) is 0 Å². The molecule has 0 aliphatic carbocycles. The van der Waals surface area contributed by atoms with E-state index in [9.17, 15) is 14.0 Å². The first-order valence-corrected chi connectivity index (χ1v) is 5.61. The fourth-order valence-electron chi connectivity index (χ4n) is 1.64. The molecule has 1 amide bonds. The number of nitrogen functional groups attached to an aromatic ring is 1. The van der Waals surface area contributed by atoms with Crippen molar-refractivity contribution in [3.05, 3.63) is 23.5 Å². The molecular weight excluding hydrogens is 253 g/mol. The molecule has 0 saturated heterocycles. The molecule has 7 heteroatoms. The highest BCUT2D eigenvalue weighted by Crippen LogP contribution is 2.27. The van der Waals surface area contributed by atoms with Crippen molar-refractivity contribution in [1.29, 1.82) is 0 Å². The molecule has 104 valence electrons. The van der Waals surface area contributed by atoms with Crippen molar-refractivity contribution in [3.8, 4) is 0 Å². The van der Waals surface area contributed by atoms with E-state index < -0.39 is 17.5 Å². The molecule has 0 aliphatic heterocycles. The molecule has 0 spiro atoms. The van der Waals surface area contributed by atoms with E-state index in [1.165, 1.54) is 13.1 Å². The zero-order valence-corrected chi connectivity index (χ0v) is 10.7. The van der Waals surface area contributed by atoms with Gasteiger partial charge in [-0.3, -0.25) is 4.79 Å². The Morgan fingerprint density at radius 2 is 2.11 bits per heavy atom. The van der Waals surface area contributed by atoms with Crippen molar-refractivity contribution in [3.63, 3.8) is 0 Å². The van der Waals surface area contributed by atoms with Crippen LogP contribution in [-0.2, 0) is 4.79 Å². The monoisotopic (exact) mass is 269 g/mol. The summed E-state index contributed by atoms with van der Waals surface area (Å²) in [5, 5.41) is 11.6. The van der Waals surface area contributed by atoms with Crippen LogP contribution >= 0.6 is 0 Å². The van der Waals surface area contributed by atoms with Crippen molar-refractivity contribution >= 4 is 23.3 Å². The van der Waals surface area contributed by atoms with E-state index in [2.05, 4.69) is 5.32 Å². The summed E-state index contributed by atoms with van der Waals surface area (Å²) in [5.74, 6) is -2.25. The number of amides is 1. The van der Waals surface area contributed by atoms with Gasteiger partial charge in [0.2, 0.25) is 5.91 Å². The summed E-state index contributed by atoms with van der Waals surface area (Å²) in [6.07, 6.45) is 0.198. The van der Waals surface area contributed by atoms with Crippen molar-refractivity contribution in [1.82, 2.24) is 5.32 Å². The van der Waals surface area contributed by atoms with E-state index in [4.69, 9.17) is 10.8 Å². The second kappa shape index (κ2) is 6.03. The standard InChI is InChI=1S/C12H16FN3O3/c1-15-9(17)5-6-16(2)8-4-3-7(13)11(14)10(8)12(18)19/h3-4H,5-6,14H2,1-2H3,(H,15,17)(H,18,19). The largest absolute Gasteiger partial charge is 0.478 e. The van der Waals surface area contributed by atoms with Gasteiger partial charge < -0.3 is 21.1 Å². The van der Waals surface area contributed by atoms with Crippen molar-refractivity contribution in [2.75, 3.05) is 31.3 Å². The van der Waals surface area contributed by atoms with E-state index in [-0.39, 0.29) is 23.6 Å². The molecule has 0 bridgehead atoms. The fraction of sp³-hybridized carbons (Fsp3) is 0.333. The molecule has 0 atom stereocenters. The zero-order chi connectivity index (χ0) is 14.6. The first-order chi connectivity index (χ1) is 8.88. The van der Waals surface area contributed by atoms with Crippen LogP contribution in [0.1, 0.15) is 16.8 Å². The molecule has 0 radical (unpaired) electrons. The van der Waals surface area contributed by atoms with E-state index >= 15 is 0 Å². The maximum absolute atomic E-state index is 13.3. The molecule has 0 aromatic heterocycles. The smallest absolute Gasteiger partial charge is 0.340 e. The normalized spacial score (nSPS) is 10.1. The molecule has 1 aromatic rings. The molecule has 1 rings (SSSR count). The Labute approximate surface area is 110 Å². The number of benzene rings is 1. The average Bonchev–Trinajstić information content (AvgIpc) is 2.37. The number of anilines is 2. The minimum Gasteiger partial charge on any atom is -0.478 e. The number of carbonyl (C=O) groups excluding carboxylic acids is 1. The van der Waals surface area contributed by atoms with Crippen LogP contribution in [0.5, 0.6) is 0 Å². The lowest BCUT2D eigenvalue weighted by molar-refractivity contribution is -0.120. The number of nitrogens with two attached hydrogens (primary N) is 1. The fourth-order valence-corrected chi connectivity index (χ4v) is 1.64. The number of aromatic carboxylic acids is 1. The molecule has 19 heavy (non-hydrogen) atoms. The van der Waals surface area contributed by atoms with Crippen LogP contribution < -0.4 is 16.0 Å². The molecule has 0 saturated carbocycles. The Morgan fingerprint density at radius 1 is 1.47 bits per heavy atom. The quantitative estimate of drug-likeness (QED) is 0.683. The van der Waals surface area contributed by atoms with Gasteiger partial charge in [0.05, 0.1) is 11.4 Å². The predicted molar refractivity (Wildman–Crippen MR) is 69.7 cm³/mol. The van der Waals surface area contributed by atoms with Crippen LogP contribution in [0.15, 0.2) is 12.1 Å². The maximum atomic E-state index is 13.3. The second-order valence-electron chi connectivity index (χ2n) is 4.01. The number of nitrogens with one attached hydrogen (secondary N) is 1. The summed E-state index contributed by atoms with van der Waals surface area (Å²) in [6.45, 7) is 0.297. The number of hydrogen-bond donors (Lipinski definition) is 3. The summed E-state index contributed by atoms with van der Waals surface area (Å²) in [5.41, 5.74) is 5.02. The van der Waals surface area contributed by atoms with Crippen LogP contribution in [0.3, 0.4) is 0 Å². The lowest BCUT2D eigenvalue weighted by Gasteiger charge is -2.21. The Bertz CT molecular complexity index is 505. The highest BCUT2D eigenvalue weighted by atomic mass is 19.1. The average molecular weight is 269 g/mol. The number of carboxylic acids is 1. The lowest BCUT2D eigenvalue weighted by Crippen LogP contribution is -2.27. The molecule has 0 aliphatic rings. The number of halogens is 1. The van der Waals surface area contributed by atoms with E-state index in [1.807, 2.05) is 0 Å². The van der Waals surface area contributed by atoms with Gasteiger partial charge in [-0.05, 0) is 12.1 Å². The third-order valence-corrected chi connectivity index (χ3v) is 2.75. The summed E-state index contributed by atoms with van der Waals surface area (Å²) >= 11 is 0. The van der Waals surface area contributed by atoms with Gasteiger partial charge in [0.1, 0.15) is 11.4 Å². The number of hydrogen-bond acceptors (Lipinski definition) is 4. The molecule has 0 unspecified atom stereocenters. The predicted octanol–water partition coefficient (Wildman–Crippen LogP) is 0.678. The van der Waals surface area contributed by atoms with Crippen molar-refractivity contribution < 1.29 is 19.1 Å². The van der Waals surface area contributed by atoms with Crippen LogP contribution in [-0.4, -0.2) is 37.6 Å². The van der Waals surface area contributed by atoms with Crippen molar-refractivity contribution in [2.24, 2.45) is 0 Å². The number of carboxylic acid groups (broad SMARTS) is 1. The lowest BCUT2D eigenvalue weighted by atomic mass is 10.1. The molecule has 6 nitrogen and oxygen atoms in total. The van der Waals surface area contributed by atoms with E-state index in [0.29, 0.717) is 6.54 Å². The van der Waals surface area contributed by atoms with Gasteiger partial charge in [0.15, 0.2) is 0 Å². The van der Waals surface area contributed by atoms with Gasteiger partial charge in [0.25, 0.3) is 0 Å².